The highest BCUT2D eigenvalue weighted by molar-refractivity contribution is 5.45. The molecule has 1 heterocycles. The average Bonchev–Trinajstić information content (AvgIpc) is 2.84. The van der Waals surface area contributed by atoms with Crippen LogP contribution in [-0.4, -0.2) is 22.9 Å². The van der Waals surface area contributed by atoms with Crippen molar-refractivity contribution in [1.82, 2.24) is 9.78 Å². The molecule has 102 valence electrons. The number of ether oxygens (including phenoxy) is 1. The maximum absolute atomic E-state index is 5.64. The molecule has 0 amide bonds. The van der Waals surface area contributed by atoms with Crippen LogP contribution >= 0.6 is 0 Å². The first-order valence-electron chi connectivity index (χ1n) is 6.62. The third-order valence-electron chi connectivity index (χ3n) is 2.82. The van der Waals surface area contributed by atoms with Gasteiger partial charge in [0.1, 0.15) is 6.61 Å². The predicted octanol–water partition coefficient (Wildman–Crippen LogP) is 3.26. The van der Waals surface area contributed by atoms with Crippen LogP contribution in [0.2, 0.25) is 0 Å². The first-order valence-corrected chi connectivity index (χ1v) is 6.62. The van der Waals surface area contributed by atoms with Crippen LogP contribution in [0.15, 0.2) is 36.7 Å². The number of aromatic nitrogens is 2. The van der Waals surface area contributed by atoms with Crippen LogP contribution in [0.5, 0.6) is 5.75 Å². The van der Waals surface area contributed by atoms with Gasteiger partial charge in [-0.15, -0.1) is 0 Å². The molecular formula is C15H21N3O. The van der Waals surface area contributed by atoms with E-state index >= 15 is 0 Å². The minimum Gasteiger partial charge on any atom is -0.488 e. The quantitative estimate of drug-likeness (QED) is 0.809. The third kappa shape index (κ3) is 4.02. The van der Waals surface area contributed by atoms with Gasteiger partial charge in [-0.25, -0.2) is 0 Å². The lowest BCUT2D eigenvalue weighted by molar-refractivity contribution is 0.332. The van der Waals surface area contributed by atoms with E-state index in [0.29, 0.717) is 12.6 Å². The minimum absolute atomic E-state index is 0.364. The summed E-state index contributed by atoms with van der Waals surface area (Å²) in [5, 5.41) is 7.57. The molecule has 0 aliphatic heterocycles. The summed E-state index contributed by atoms with van der Waals surface area (Å²) in [5.74, 6) is 0.819. The van der Waals surface area contributed by atoms with Crippen LogP contribution in [0.3, 0.4) is 0 Å². The number of hydrogen-bond acceptors (Lipinski definition) is 3. The monoisotopic (exact) mass is 259 g/mol. The molecule has 0 bridgehead atoms. The van der Waals surface area contributed by atoms with E-state index < -0.39 is 0 Å². The molecule has 1 N–H and O–H groups in total. The van der Waals surface area contributed by atoms with E-state index in [4.69, 9.17) is 4.74 Å². The van der Waals surface area contributed by atoms with Gasteiger partial charge in [0.2, 0.25) is 0 Å². The van der Waals surface area contributed by atoms with Gasteiger partial charge in [-0.1, -0.05) is 12.1 Å². The van der Waals surface area contributed by atoms with Gasteiger partial charge in [0, 0.05) is 18.3 Å². The zero-order valence-corrected chi connectivity index (χ0v) is 11.8. The Bertz CT molecular complexity index is 520. The normalized spacial score (nSPS) is 10.7. The summed E-state index contributed by atoms with van der Waals surface area (Å²) in [6, 6.07) is 8.68. The van der Waals surface area contributed by atoms with Crippen LogP contribution in [0, 0.1) is 6.92 Å². The zero-order chi connectivity index (χ0) is 13.7. The second-order valence-corrected chi connectivity index (χ2v) is 4.89. The fourth-order valence-corrected chi connectivity index (χ4v) is 1.80. The molecule has 1 aromatic heterocycles. The van der Waals surface area contributed by atoms with E-state index in [0.717, 1.165) is 18.0 Å². The molecule has 0 spiro atoms. The van der Waals surface area contributed by atoms with E-state index in [1.165, 1.54) is 5.56 Å². The summed E-state index contributed by atoms with van der Waals surface area (Å²) >= 11 is 0. The summed E-state index contributed by atoms with van der Waals surface area (Å²) in [7, 11) is 0. The van der Waals surface area contributed by atoms with Gasteiger partial charge >= 0.3 is 0 Å². The van der Waals surface area contributed by atoms with Gasteiger partial charge in [-0.05, 0) is 38.5 Å². The summed E-state index contributed by atoms with van der Waals surface area (Å²) in [6.45, 7) is 7.67. The molecule has 2 rings (SSSR count). The molecule has 0 atom stereocenters. The Labute approximate surface area is 114 Å². The molecule has 0 aliphatic carbocycles. The minimum atomic E-state index is 0.364. The van der Waals surface area contributed by atoms with Crippen molar-refractivity contribution in [1.29, 1.82) is 0 Å². The number of hydrogen-bond donors (Lipinski definition) is 1. The highest BCUT2D eigenvalue weighted by Crippen LogP contribution is 2.12. The van der Waals surface area contributed by atoms with Gasteiger partial charge in [-0.2, -0.15) is 5.10 Å². The van der Waals surface area contributed by atoms with Gasteiger partial charge in [0.15, 0.2) is 5.75 Å². The van der Waals surface area contributed by atoms with Crippen molar-refractivity contribution in [3.8, 4) is 5.75 Å². The Morgan fingerprint density at radius 3 is 2.89 bits per heavy atom. The summed E-state index contributed by atoms with van der Waals surface area (Å²) in [6.07, 6.45) is 3.68. The van der Waals surface area contributed by atoms with Gasteiger partial charge in [0.05, 0.1) is 12.4 Å². The fraction of sp³-hybridized carbons (Fsp3) is 0.400. The summed E-state index contributed by atoms with van der Waals surface area (Å²) < 4.78 is 7.54. The van der Waals surface area contributed by atoms with Gasteiger partial charge in [0.25, 0.3) is 0 Å². The van der Waals surface area contributed by atoms with Gasteiger partial charge in [-0.3, -0.25) is 4.68 Å². The molecule has 0 saturated carbocycles. The van der Waals surface area contributed by atoms with Crippen molar-refractivity contribution >= 4 is 5.69 Å². The van der Waals surface area contributed by atoms with Crippen molar-refractivity contribution in [2.45, 2.75) is 26.8 Å². The molecule has 0 fully saturated rings. The molecular weight excluding hydrogens is 238 g/mol. The number of nitrogens with zero attached hydrogens (tertiary/aromatic N) is 2. The van der Waals surface area contributed by atoms with E-state index in [1.54, 1.807) is 6.20 Å². The lowest BCUT2D eigenvalue weighted by Gasteiger charge is -2.08. The van der Waals surface area contributed by atoms with Crippen LogP contribution in [0.4, 0.5) is 5.69 Å². The third-order valence-corrected chi connectivity index (χ3v) is 2.82. The van der Waals surface area contributed by atoms with E-state index in [-0.39, 0.29) is 0 Å². The SMILES string of the molecule is Cc1cccc(NCCOc2cnn(C(C)C)c2)c1. The number of nitrogens with one attached hydrogen (secondary N) is 1. The lowest BCUT2D eigenvalue weighted by atomic mass is 10.2. The molecule has 0 radical (unpaired) electrons. The van der Waals surface area contributed by atoms with Crippen molar-refractivity contribution in [3.63, 3.8) is 0 Å². The van der Waals surface area contributed by atoms with Gasteiger partial charge < -0.3 is 10.1 Å². The second-order valence-electron chi connectivity index (χ2n) is 4.89. The standard InChI is InChI=1S/C15H21N3O/c1-12(2)18-11-15(10-17-18)19-8-7-16-14-6-4-5-13(3)9-14/h4-6,9-12,16H,7-8H2,1-3H3. The van der Waals surface area contributed by atoms with E-state index in [2.05, 4.69) is 49.4 Å². The number of benzene rings is 1. The van der Waals surface area contributed by atoms with Crippen LogP contribution in [0.1, 0.15) is 25.5 Å². The first kappa shape index (κ1) is 13.5. The topological polar surface area (TPSA) is 39.1 Å². The van der Waals surface area contributed by atoms with E-state index in [1.807, 2.05) is 16.9 Å². The summed E-state index contributed by atoms with van der Waals surface area (Å²) in [5.41, 5.74) is 2.38. The largest absolute Gasteiger partial charge is 0.488 e. The lowest BCUT2D eigenvalue weighted by Crippen LogP contribution is -2.11. The fourth-order valence-electron chi connectivity index (χ4n) is 1.80. The average molecular weight is 259 g/mol. The molecule has 0 aliphatic rings. The van der Waals surface area contributed by atoms with Crippen LogP contribution < -0.4 is 10.1 Å². The molecule has 2 aromatic rings. The Kier molecular flexibility index (Phi) is 4.44. The Morgan fingerprint density at radius 2 is 2.21 bits per heavy atom. The Balaban J connectivity index is 1.74. The molecule has 19 heavy (non-hydrogen) atoms. The Hall–Kier alpha value is -1.97. The van der Waals surface area contributed by atoms with Crippen molar-refractivity contribution in [3.05, 3.63) is 42.2 Å². The number of anilines is 1. The van der Waals surface area contributed by atoms with Crippen LogP contribution in [-0.2, 0) is 0 Å². The first-order chi connectivity index (χ1) is 9.15. The maximum atomic E-state index is 5.64. The molecule has 0 saturated heterocycles. The highest BCUT2D eigenvalue weighted by Gasteiger charge is 2.02. The molecule has 0 unspecified atom stereocenters. The predicted molar refractivity (Wildman–Crippen MR) is 77.8 cm³/mol. The summed E-state index contributed by atoms with van der Waals surface area (Å²) in [4.78, 5) is 0. The number of rotatable bonds is 6. The highest BCUT2D eigenvalue weighted by atomic mass is 16.5. The van der Waals surface area contributed by atoms with Crippen molar-refractivity contribution < 1.29 is 4.74 Å². The number of aryl methyl sites for hydroxylation is 1. The van der Waals surface area contributed by atoms with Crippen molar-refractivity contribution in [2.24, 2.45) is 0 Å². The molecule has 4 heteroatoms. The molecule has 1 aromatic carbocycles. The second kappa shape index (κ2) is 6.27. The zero-order valence-electron chi connectivity index (χ0n) is 11.8. The van der Waals surface area contributed by atoms with E-state index in [9.17, 15) is 0 Å². The smallest absolute Gasteiger partial charge is 0.157 e. The van der Waals surface area contributed by atoms with Crippen molar-refractivity contribution in [2.75, 3.05) is 18.5 Å². The molecule has 4 nitrogen and oxygen atoms in total. The maximum Gasteiger partial charge on any atom is 0.157 e. The Morgan fingerprint density at radius 1 is 1.37 bits per heavy atom. The van der Waals surface area contributed by atoms with Crippen LogP contribution in [0.25, 0.3) is 0 Å².